The number of allylic oxidation sites excluding steroid dienone is 2. The van der Waals surface area contributed by atoms with Crippen molar-refractivity contribution in [3.05, 3.63) is 24.0 Å². The molecule has 0 aromatic heterocycles. The fourth-order valence-electron chi connectivity index (χ4n) is 0.994. The Morgan fingerprint density at radius 1 is 1.36 bits per heavy atom. The van der Waals surface area contributed by atoms with E-state index in [1.54, 1.807) is 6.08 Å². The Labute approximate surface area is 86.6 Å². The molecule has 0 heterocycles. The lowest BCUT2D eigenvalue weighted by Crippen LogP contribution is -2.12. The third-order valence-electron chi connectivity index (χ3n) is 2.14. The summed E-state index contributed by atoms with van der Waals surface area (Å²) >= 11 is 0. The van der Waals surface area contributed by atoms with Crippen molar-refractivity contribution in [2.45, 2.75) is 41.0 Å². The van der Waals surface area contributed by atoms with Crippen LogP contribution in [0.4, 0.5) is 0 Å². The smallest absolute Gasteiger partial charge is 0.307 e. The Bertz CT molecular complexity index is 254. The van der Waals surface area contributed by atoms with Gasteiger partial charge >= 0.3 is 5.97 Å². The first kappa shape index (κ1) is 12.9. The second-order valence-corrected chi connectivity index (χ2v) is 4.38. The lowest BCUT2D eigenvalue weighted by Gasteiger charge is -2.22. The number of hydrogen-bond acceptors (Lipinski definition) is 2. The van der Waals surface area contributed by atoms with Crippen molar-refractivity contribution in [3.8, 4) is 0 Å². The molecule has 2 nitrogen and oxygen atoms in total. The molecule has 0 amide bonds. The zero-order valence-electron chi connectivity index (χ0n) is 9.81. The third-order valence-corrected chi connectivity index (χ3v) is 2.14. The van der Waals surface area contributed by atoms with Gasteiger partial charge in [0.2, 0.25) is 0 Å². The number of rotatable bonds is 3. The van der Waals surface area contributed by atoms with Crippen LogP contribution in [0.15, 0.2) is 24.0 Å². The third kappa shape index (κ3) is 4.26. The Balaban J connectivity index is 4.94. The van der Waals surface area contributed by atoms with Gasteiger partial charge in [0.05, 0.1) is 0 Å². The molecule has 0 saturated carbocycles. The van der Waals surface area contributed by atoms with Crippen molar-refractivity contribution in [1.29, 1.82) is 0 Å². The number of carbonyl (C=O) groups is 1. The van der Waals surface area contributed by atoms with Gasteiger partial charge in [0.25, 0.3) is 0 Å². The highest BCUT2D eigenvalue weighted by Crippen LogP contribution is 2.29. The molecule has 0 aliphatic rings. The highest BCUT2D eigenvalue weighted by atomic mass is 16.5. The van der Waals surface area contributed by atoms with Gasteiger partial charge < -0.3 is 4.74 Å². The van der Waals surface area contributed by atoms with Gasteiger partial charge in [0.15, 0.2) is 0 Å². The van der Waals surface area contributed by atoms with E-state index in [0.29, 0.717) is 6.42 Å². The number of carbonyl (C=O) groups excluding carboxylic acids is 1. The Morgan fingerprint density at radius 3 is 2.14 bits per heavy atom. The maximum Gasteiger partial charge on any atom is 0.307 e. The molecule has 2 heteroatoms. The van der Waals surface area contributed by atoms with Crippen LogP contribution in [0.5, 0.6) is 0 Å². The molecular formula is C12H20O2. The van der Waals surface area contributed by atoms with Crippen molar-refractivity contribution in [1.82, 2.24) is 0 Å². The summed E-state index contributed by atoms with van der Waals surface area (Å²) in [6, 6.07) is 0. The number of hydrogen-bond donors (Lipinski definition) is 0. The summed E-state index contributed by atoms with van der Waals surface area (Å²) in [4.78, 5) is 10.9. The summed E-state index contributed by atoms with van der Waals surface area (Å²) in [5.74, 6) is 0.449. The average molecular weight is 196 g/mol. The first-order chi connectivity index (χ1) is 6.29. The van der Waals surface area contributed by atoms with Gasteiger partial charge in [-0.25, -0.2) is 0 Å². The van der Waals surface area contributed by atoms with Crippen molar-refractivity contribution < 1.29 is 9.53 Å². The van der Waals surface area contributed by atoms with Crippen LogP contribution in [0.2, 0.25) is 0 Å². The van der Waals surface area contributed by atoms with E-state index in [-0.39, 0.29) is 11.4 Å². The topological polar surface area (TPSA) is 26.3 Å². The van der Waals surface area contributed by atoms with Crippen LogP contribution < -0.4 is 0 Å². The van der Waals surface area contributed by atoms with Gasteiger partial charge in [-0.2, -0.15) is 0 Å². The van der Waals surface area contributed by atoms with E-state index in [4.69, 9.17) is 4.74 Å². The van der Waals surface area contributed by atoms with Crippen molar-refractivity contribution in [3.63, 3.8) is 0 Å². The van der Waals surface area contributed by atoms with Crippen LogP contribution >= 0.6 is 0 Å². The van der Waals surface area contributed by atoms with Crippen molar-refractivity contribution >= 4 is 5.97 Å². The van der Waals surface area contributed by atoms with Gasteiger partial charge in [0.1, 0.15) is 5.76 Å². The highest BCUT2D eigenvalue weighted by Gasteiger charge is 2.18. The van der Waals surface area contributed by atoms with Crippen LogP contribution in [0.25, 0.3) is 0 Å². The number of ether oxygens (including phenoxy) is 1. The minimum absolute atomic E-state index is 0.0216. The standard InChI is InChI=1S/C12H20O2/c1-7-8-11(14-10(3)13)9(2)12(4,5)6/h7H,1,8H2,2-6H3/b11-9-. The molecule has 0 bridgehead atoms. The van der Waals surface area contributed by atoms with Crippen LogP contribution in [-0.2, 0) is 9.53 Å². The summed E-state index contributed by atoms with van der Waals surface area (Å²) in [5.41, 5.74) is 1.11. The molecule has 0 saturated heterocycles. The quantitative estimate of drug-likeness (QED) is 0.392. The van der Waals surface area contributed by atoms with Crippen LogP contribution in [0.1, 0.15) is 41.0 Å². The highest BCUT2D eigenvalue weighted by molar-refractivity contribution is 5.67. The Hall–Kier alpha value is -1.05. The van der Waals surface area contributed by atoms with E-state index in [2.05, 4.69) is 27.4 Å². The number of esters is 1. The molecule has 0 aromatic carbocycles. The molecule has 0 aromatic rings. The van der Waals surface area contributed by atoms with E-state index in [1.165, 1.54) is 6.92 Å². The zero-order chi connectivity index (χ0) is 11.4. The lowest BCUT2D eigenvalue weighted by atomic mass is 9.86. The Morgan fingerprint density at radius 2 is 1.86 bits per heavy atom. The minimum Gasteiger partial charge on any atom is -0.431 e. The van der Waals surface area contributed by atoms with Crippen molar-refractivity contribution in [2.75, 3.05) is 0 Å². The summed E-state index contributed by atoms with van der Waals surface area (Å²) in [7, 11) is 0. The summed E-state index contributed by atoms with van der Waals surface area (Å²) in [6.07, 6.45) is 2.34. The molecule has 0 radical (unpaired) electrons. The monoisotopic (exact) mass is 196 g/mol. The molecule has 0 aliphatic heterocycles. The fourth-order valence-corrected chi connectivity index (χ4v) is 0.994. The van der Waals surface area contributed by atoms with E-state index in [9.17, 15) is 4.79 Å². The maximum absolute atomic E-state index is 10.9. The molecule has 0 spiro atoms. The fraction of sp³-hybridized carbons (Fsp3) is 0.583. The average Bonchev–Trinajstić information content (AvgIpc) is 2.00. The molecule has 0 fully saturated rings. The molecule has 0 rings (SSSR count). The molecule has 14 heavy (non-hydrogen) atoms. The van der Waals surface area contributed by atoms with Gasteiger partial charge in [-0.1, -0.05) is 26.8 Å². The largest absolute Gasteiger partial charge is 0.431 e. The second-order valence-electron chi connectivity index (χ2n) is 4.38. The van der Waals surface area contributed by atoms with Crippen LogP contribution in [0, 0.1) is 5.41 Å². The molecule has 0 N–H and O–H groups in total. The van der Waals surface area contributed by atoms with E-state index >= 15 is 0 Å². The van der Waals surface area contributed by atoms with Gasteiger partial charge in [-0.15, -0.1) is 6.58 Å². The first-order valence-electron chi connectivity index (χ1n) is 4.78. The molecular weight excluding hydrogens is 176 g/mol. The van der Waals surface area contributed by atoms with E-state index in [0.717, 1.165) is 11.3 Å². The second kappa shape index (κ2) is 4.99. The van der Waals surface area contributed by atoms with Crippen LogP contribution in [-0.4, -0.2) is 5.97 Å². The van der Waals surface area contributed by atoms with E-state index < -0.39 is 0 Å². The normalized spacial score (nSPS) is 13.2. The van der Waals surface area contributed by atoms with Gasteiger partial charge in [-0.3, -0.25) is 4.79 Å². The minimum atomic E-state index is -0.273. The molecule has 0 atom stereocenters. The van der Waals surface area contributed by atoms with E-state index in [1.807, 2.05) is 6.92 Å². The van der Waals surface area contributed by atoms with Crippen LogP contribution in [0.3, 0.4) is 0 Å². The van der Waals surface area contributed by atoms with Gasteiger partial charge in [-0.05, 0) is 17.9 Å². The summed E-state index contributed by atoms with van der Waals surface area (Å²) < 4.78 is 5.15. The predicted molar refractivity (Wildman–Crippen MR) is 58.7 cm³/mol. The van der Waals surface area contributed by atoms with Gasteiger partial charge in [0, 0.05) is 13.3 Å². The SMILES string of the molecule is C=CC/C(OC(C)=O)=C(\C)C(C)(C)C. The maximum atomic E-state index is 10.9. The summed E-state index contributed by atoms with van der Waals surface area (Å²) in [5, 5.41) is 0. The molecule has 0 unspecified atom stereocenters. The van der Waals surface area contributed by atoms with Crippen molar-refractivity contribution in [2.24, 2.45) is 5.41 Å². The predicted octanol–water partition coefficient (Wildman–Crippen LogP) is 3.45. The first-order valence-corrected chi connectivity index (χ1v) is 4.78. The molecule has 80 valence electrons. The molecule has 0 aliphatic carbocycles. The lowest BCUT2D eigenvalue weighted by molar-refractivity contribution is -0.137. The Kier molecular flexibility index (Phi) is 4.61. The zero-order valence-corrected chi connectivity index (χ0v) is 9.81. The summed E-state index contributed by atoms with van der Waals surface area (Å²) in [6.45, 7) is 13.3.